The topological polar surface area (TPSA) is 108 Å². The number of benzene rings is 2. The van der Waals surface area contributed by atoms with Crippen molar-refractivity contribution in [1.29, 1.82) is 0 Å². The average Bonchev–Trinajstić information content (AvgIpc) is 3.03. The van der Waals surface area contributed by atoms with Crippen molar-refractivity contribution in [3.63, 3.8) is 0 Å². The van der Waals surface area contributed by atoms with Crippen molar-refractivity contribution in [1.82, 2.24) is 24.3 Å². The SMILES string of the molecule is COc1cccc(-c2ccc(N3CCN(C(=O)CN(CCN4CCOCC4)S(=O)(=O)c4ccc(C)cc4)CC3)nn2)c1. The summed E-state index contributed by atoms with van der Waals surface area (Å²) in [6, 6.07) is 18.3. The molecule has 224 valence electrons. The zero-order valence-electron chi connectivity index (χ0n) is 24.2. The summed E-state index contributed by atoms with van der Waals surface area (Å²) in [7, 11) is -2.22. The van der Waals surface area contributed by atoms with Crippen molar-refractivity contribution < 1.29 is 22.7 Å². The Morgan fingerprint density at radius 1 is 0.952 bits per heavy atom. The number of anilines is 1. The summed E-state index contributed by atoms with van der Waals surface area (Å²) in [6.07, 6.45) is 0. The van der Waals surface area contributed by atoms with E-state index in [-0.39, 0.29) is 23.9 Å². The molecule has 3 aromatic rings. The number of hydrogen-bond donors (Lipinski definition) is 0. The standard InChI is InChI=1S/C30H38N6O5S/c1-24-6-8-27(9-7-24)42(38,39)36(17-12-33-18-20-41-21-19-33)23-30(37)35-15-13-34(14-16-35)29-11-10-28(31-32-29)25-4-3-5-26(22-25)40-2/h3-11,22H,12-21,23H2,1-2H3. The minimum absolute atomic E-state index is 0.198. The Hall–Kier alpha value is -3.58. The first-order chi connectivity index (χ1) is 20.3. The second-order valence-corrected chi connectivity index (χ2v) is 12.4. The summed E-state index contributed by atoms with van der Waals surface area (Å²) in [5.41, 5.74) is 2.64. The molecule has 0 bridgehead atoms. The second-order valence-electron chi connectivity index (χ2n) is 10.5. The molecule has 2 aliphatic heterocycles. The van der Waals surface area contributed by atoms with Crippen LogP contribution in [-0.4, -0.2) is 118 Å². The fourth-order valence-corrected chi connectivity index (χ4v) is 6.47. The largest absolute Gasteiger partial charge is 0.497 e. The van der Waals surface area contributed by atoms with Crippen LogP contribution in [0, 0.1) is 6.92 Å². The summed E-state index contributed by atoms with van der Waals surface area (Å²) >= 11 is 0. The summed E-state index contributed by atoms with van der Waals surface area (Å²) < 4.78 is 39.3. The lowest BCUT2D eigenvalue weighted by Gasteiger charge is -2.36. The molecule has 0 spiro atoms. The van der Waals surface area contributed by atoms with Crippen LogP contribution in [0.5, 0.6) is 5.75 Å². The van der Waals surface area contributed by atoms with Gasteiger partial charge in [-0.25, -0.2) is 8.42 Å². The van der Waals surface area contributed by atoms with E-state index < -0.39 is 10.0 Å². The third-order valence-corrected chi connectivity index (χ3v) is 9.57. The highest BCUT2D eigenvalue weighted by atomic mass is 32.2. The molecule has 2 fully saturated rings. The van der Waals surface area contributed by atoms with Crippen molar-refractivity contribution in [2.24, 2.45) is 0 Å². The van der Waals surface area contributed by atoms with Gasteiger partial charge in [-0.15, -0.1) is 10.2 Å². The fourth-order valence-electron chi connectivity index (χ4n) is 5.09. The quantitative estimate of drug-likeness (QED) is 0.349. The number of hydrogen-bond acceptors (Lipinski definition) is 9. The smallest absolute Gasteiger partial charge is 0.243 e. The van der Waals surface area contributed by atoms with Gasteiger partial charge in [0, 0.05) is 57.9 Å². The molecule has 0 unspecified atom stereocenters. The van der Waals surface area contributed by atoms with Crippen molar-refractivity contribution in [3.8, 4) is 17.0 Å². The number of carbonyl (C=O) groups excluding carboxylic acids is 1. The number of amides is 1. The molecule has 1 amide bonds. The number of nitrogens with zero attached hydrogens (tertiary/aromatic N) is 6. The summed E-state index contributed by atoms with van der Waals surface area (Å²) in [5, 5.41) is 8.82. The van der Waals surface area contributed by atoms with E-state index in [4.69, 9.17) is 9.47 Å². The first kappa shape index (κ1) is 29.9. The van der Waals surface area contributed by atoms with E-state index in [0.717, 1.165) is 41.5 Å². The van der Waals surface area contributed by atoms with Gasteiger partial charge in [0.15, 0.2) is 5.82 Å². The van der Waals surface area contributed by atoms with Crippen LogP contribution in [0.1, 0.15) is 5.56 Å². The minimum atomic E-state index is -3.85. The summed E-state index contributed by atoms with van der Waals surface area (Å²) in [6.45, 7) is 7.34. The molecule has 11 nitrogen and oxygen atoms in total. The van der Waals surface area contributed by atoms with E-state index >= 15 is 0 Å². The lowest BCUT2D eigenvalue weighted by molar-refractivity contribution is -0.131. The lowest BCUT2D eigenvalue weighted by atomic mass is 10.1. The molecular weight excluding hydrogens is 556 g/mol. The zero-order chi connectivity index (χ0) is 29.5. The normalized spacial score (nSPS) is 16.5. The third kappa shape index (κ3) is 7.24. The first-order valence-corrected chi connectivity index (χ1v) is 15.7. The predicted octanol–water partition coefficient (Wildman–Crippen LogP) is 2.13. The number of aromatic nitrogens is 2. The number of ether oxygens (including phenoxy) is 2. The molecule has 5 rings (SSSR count). The number of rotatable bonds is 10. The molecule has 0 aliphatic carbocycles. The van der Waals surface area contributed by atoms with Crippen LogP contribution in [-0.2, 0) is 19.6 Å². The van der Waals surface area contributed by atoms with Gasteiger partial charge >= 0.3 is 0 Å². The van der Waals surface area contributed by atoms with Gasteiger partial charge in [0.2, 0.25) is 15.9 Å². The monoisotopic (exact) mass is 594 g/mol. The van der Waals surface area contributed by atoms with Gasteiger partial charge < -0.3 is 19.3 Å². The number of carbonyl (C=O) groups is 1. The van der Waals surface area contributed by atoms with Gasteiger partial charge in [0.25, 0.3) is 0 Å². The molecule has 42 heavy (non-hydrogen) atoms. The maximum atomic E-state index is 13.6. The maximum Gasteiger partial charge on any atom is 0.243 e. The molecule has 0 N–H and O–H groups in total. The molecular formula is C30H38N6O5S. The Morgan fingerprint density at radius 2 is 1.69 bits per heavy atom. The van der Waals surface area contributed by atoms with Gasteiger partial charge in [-0.2, -0.15) is 4.31 Å². The Balaban J connectivity index is 1.21. The molecule has 2 aliphatic rings. The van der Waals surface area contributed by atoms with Gasteiger partial charge in [-0.05, 0) is 43.3 Å². The Bertz CT molecular complexity index is 1440. The fraction of sp³-hybridized carbons (Fsp3) is 0.433. The number of sulfonamides is 1. The predicted molar refractivity (Wildman–Crippen MR) is 160 cm³/mol. The zero-order valence-corrected chi connectivity index (χ0v) is 25.0. The van der Waals surface area contributed by atoms with Gasteiger partial charge in [0.1, 0.15) is 5.75 Å². The van der Waals surface area contributed by atoms with Crippen molar-refractivity contribution in [2.75, 3.05) is 84.1 Å². The van der Waals surface area contributed by atoms with Crippen LogP contribution in [0.2, 0.25) is 0 Å². The van der Waals surface area contributed by atoms with Crippen LogP contribution in [0.4, 0.5) is 5.82 Å². The van der Waals surface area contributed by atoms with Crippen LogP contribution in [0.25, 0.3) is 11.3 Å². The molecule has 1 aromatic heterocycles. The second kappa shape index (κ2) is 13.6. The molecule has 0 atom stereocenters. The van der Waals surface area contributed by atoms with E-state index in [1.165, 1.54) is 4.31 Å². The number of methoxy groups -OCH3 is 1. The molecule has 3 heterocycles. The third-order valence-electron chi connectivity index (χ3n) is 7.71. The highest BCUT2D eigenvalue weighted by Gasteiger charge is 2.30. The van der Waals surface area contributed by atoms with Crippen LogP contribution in [0.3, 0.4) is 0 Å². The van der Waals surface area contributed by atoms with Gasteiger partial charge in [-0.3, -0.25) is 9.69 Å². The van der Waals surface area contributed by atoms with E-state index in [0.29, 0.717) is 45.9 Å². The van der Waals surface area contributed by atoms with Gasteiger partial charge in [0.05, 0.1) is 37.5 Å². The van der Waals surface area contributed by atoms with Crippen molar-refractivity contribution in [2.45, 2.75) is 11.8 Å². The van der Waals surface area contributed by atoms with Crippen molar-refractivity contribution in [3.05, 3.63) is 66.2 Å². The van der Waals surface area contributed by atoms with Crippen LogP contribution in [0.15, 0.2) is 65.6 Å². The van der Waals surface area contributed by atoms with E-state index in [1.807, 2.05) is 43.3 Å². The van der Waals surface area contributed by atoms with Gasteiger partial charge in [-0.1, -0.05) is 29.8 Å². The molecule has 12 heteroatoms. The highest BCUT2D eigenvalue weighted by Crippen LogP contribution is 2.23. The Kier molecular flexibility index (Phi) is 9.68. The number of piperazine rings is 1. The van der Waals surface area contributed by atoms with Crippen molar-refractivity contribution >= 4 is 21.7 Å². The summed E-state index contributed by atoms with van der Waals surface area (Å²) in [4.78, 5) is 19.6. The van der Waals surface area contributed by atoms with Crippen LogP contribution < -0.4 is 9.64 Å². The molecule has 2 saturated heterocycles. The van der Waals surface area contributed by atoms with Crippen LogP contribution >= 0.6 is 0 Å². The van der Waals surface area contributed by atoms with E-state index in [1.54, 1.807) is 36.3 Å². The Morgan fingerprint density at radius 3 is 2.36 bits per heavy atom. The molecule has 2 aromatic carbocycles. The average molecular weight is 595 g/mol. The maximum absolute atomic E-state index is 13.6. The lowest BCUT2D eigenvalue weighted by Crippen LogP contribution is -2.52. The number of aryl methyl sites for hydroxylation is 1. The minimum Gasteiger partial charge on any atom is -0.497 e. The Labute approximate surface area is 247 Å². The number of morpholine rings is 1. The highest BCUT2D eigenvalue weighted by molar-refractivity contribution is 7.89. The first-order valence-electron chi connectivity index (χ1n) is 14.2. The van der Waals surface area contributed by atoms with E-state index in [2.05, 4.69) is 20.0 Å². The molecule has 0 saturated carbocycles. The van der Waals surface area contributed by atoms with E-state index in [9.17, 15) is 13.2 Å². The molecule has 0 radical (unpaired) electrons. The summed E-state index contributed by atoms with van der Waals surface area (Å²) in [5.74, 6) is 1.29.